The van der Waals surface area contributed by atoms with Gasteiger partial charge in [-0.3, -0.25) is 9.58 Å². The zero-order chi connectivity index (χ0) is 14.8. The highest BCUT2D eigenvalue weighted by Gasteiger charge is 2.26. The fourth-order valence-corrected chi connectivity index (χ4v) is 3.57. The van der Waals surface area contributed by atoms with Crippen molar-refractivity contribution in [1.29, 1.82) is 0 Å². The third-order valence-corrected chi connectivity index (χ3v) is 4.73. The summed E-state index contributed by atoms with van der Waals surface area (Å²) in [6.45, 7) is 2.70. The molecule has 3 aromatic heterocycles. The van der Waals surface area contributed by atoms with E-state index in [9.17, 15) is 0 Å². The molecule has 0 amide bonds. The molecule has 6 nitrogen and oxygen atoms in total. The summed E-state index contributed by atoms with van der Waals surface area (Å²) in [4.78, 5) is 6.92. The molecule has 1 atom stereocenters. The van der Waals surface area contributed by atoms with Crippen molar-refractivity contribution in [3.63, 3.8) is 0 Å². The van der Waals surface area contributed by atoms with Gasteiger partial charge in [-0.25, -0.2) is 0 Å². The van der Waals surface area contributed by atoms with Crippen LogP contribution in [0.15, 0.2) is 39.8 Å². The summed E-state index contributed by atoms with van der Waals surface area (Å²) in [6.07, 6.45) is 6.23. The summed E-state index contributed by atoms with van der Waals surface area (Å²) in [5.41, 5.74) is 1.02. The van der Waals surface area contributed by atoms with E-state index in [0.29, 0.717) is 24.3 Å². The molecule has 3 aromatic rings. The second kappa shape index (κ2) is 6.02. The second-order valence-electron chi connectivity index (χ2n) is 5.52. The van der Waals surface area contributed by atoms with Crippen LogP contribution in [0.4, 0.5) is 0 Å². The first-order chi connectivity index (χ1) is 10.9. The molecule has 1 aliphatic rings. The monoisotopic (exact) mass is 315 g/mol. The van der Waals surface area contributed by atoms with Gasteiger partial charge in [0, 0.05) is 29.4 Å². The van der Waals surface area contributed by atoms with Gasteiger partial charge in [0.2, 0.25) is 11.7 Å². The molecule has 0 unspecified atom stereocenters. The molecule has 4 rings (SSSR count). The van der Waals surface area contributed by atoms with Gasteiger partial charge in [-0.15, -0.1) is 0 Å². The van der Waals surface area contributed by atoms with Crippen molar-refractivity contribution in [3.05, 3.63) is 41.2 Å². The maximum absolute atomic E-state index is 5.41. The van der Waals surface area contributed by atoms with E-state index in [4.69, 9.17) is 4.52 Å². The molecule has 114 valence electrons. The van der Waals surface area contributed by atoms with Crippen molar-refractivity contribution < 1.29 is 4.52 Å². The van der Waals surface area contributed by atoms with Crippen LogP contribution in [-0.4, -0.2) is 37.4 Å². The Morgan fingerprint density at radius 3 is 3.23 bits per heavy atom. The van der Waals surface area contributed by atoms with E-state index >= 15 is 0 Å². The molecular formula is C15H17N5OS. The van der Waals surface area contributed by atoms with Crippen LogP contribution >= 0.6 is 11.3 Å². The van der Waals surface area contributed by atoms with Crippen LogP contribution in [0.2, 0.25) is 0 Å². The van der Waals surface area contributed by atoms with Gasteiger partial charge in [0.1, 0.15) is 0 Å². The maximum atomic E-state index is 5.41. The van der Waals surface area contributed by atoms with Gasteiger partial charge in [0.15, 0.2) is 0 Å². The predicted octanol–water partition coefficient (Wildman–Crippen LogP) is 2.66. The van der Waals surface area contributed by atoms with E-state index in [1.807, 2.05) is 40.0 Å². The Morgan fingerprint density at radius 1 is 1.41 bits per heavy atom. The molecule has 4 heterocycles. The third-order valence-electron chi connectivity index (χ3n) is 4.04. The highest BCUT2D eigenvalue weighted by molar-refractivity contribution is 7.08. The summed E-state index contributed by atoms with van der Waals surface area (Å²) < 4.78 is 7.41. The van der Waals surface area contributed by atoms with Crippen LogP contribution in [0.1, 0.15) is 18.7 Å². The number of thiophene rings is 1. The van der Waals surface area contributed by atoms with Crippen LogP contribution in [0, 0.1) is 0 Å². The minimum absolute atomic E-state index is 0.483. The van der Waals surface area contributed by atoms with Crippen LogP contribution < -0.4 is 0 Å². The molecule has 1 saturated heterocycles. The summed E-state index contributed by atoms with van der Waals surface area (Å²) in [6, 6.07) is 4.46. The average molecular weight is 315 g/mol. The van der Waals surface area contributed by atoms with E-state index in [1.165, 1.54) is 12.8 Å². The topological polar surface area (TPSA) is 60.0 Å². The highest BCUT2D eigenvalue weighted by Crippen LogP contribution is 2.23. The van der Waals surface area contributed by atoms with Crippen molar-refractivity contribution in [2.75, 3.05) is 6.54 Å². The Balaban J connectivity index is 1.44. The molecule has 1 fully saturated rings. The van der Waals surface area contributed by atoms with Crippen molar-refractivity contribution >= 4 is 11.3 Å². The first kappa shape index (κ1) is 13.7. The standard InChI is InChI=1S/C15H17N5OS/c1-3-13(9-20-7-2-5-16-20)19(6-1)10-14-17-15(18-21-14)12-4-8-22-11-12/h2,4-5,7-8,11,13H,1,3,6,9-10H2/t13-/m1/s1. The van der Waals surface area contributed by atoms with Crippen molar-refractivity contribution in [2.24, 2.45) is 0 Å². The van der Waals surface area contributed by atoms with Crippen LogP contribution in [0.25, 0.3) is 11.4 Å². The molecular weight excluding hydrogens is 298 g/mol. The van der Waals surface area contributed by atoms with Gasteiger partial charge < -0.3 is 4.52 Å². The first-order valence-electron chi connectivity index (χ1n) is 7.45. The van der Waals surface area contributed by atoms with Gasteiger partial charge in [0.05, 0.1) is 13.1 Å². The first-order valence-corrected chi connectivity index (χ1v) is 8.39. The number of aromatic nitrogens is 4. The minimum Gasteiger partial charge on any atom is -0.338 e. The Kier molecular flexibility index (Phi) is 3.74. The number of hydrogen-bond donors (Lipinski definition) is 0. The third kappa shape index (κ3) is 2.82. The number of nitrogens with zero attached hydrogens (tertiary/aromatic N) is 5. The zero-order valence-electron chi connectivity index (χ0n) is 12.1. The average Bonchev–Trinajstić information content (AvgIpc) is 3.28. The highest BCUT2D eigenvalue weighted by atomic mass is 32.1. The molecule has 1 aliphatic heterocycles. The van der Waals surface area contributed by atoms with Gasteiger partial charge in [-0.05, 0) is 36.9 Å². The lowest BCUT2D eigenvalue weighted by Gasteiger charge is -2.22. The van der Waals surface area contributed by atoms with Crippen LogP contribution in [0.5, 0.6) is 0 Å². The normalized spacial score (nSPS) is 19.0. The molecule has 7 heteroatoms. The summed E-state index contributed by atoms with van der Waals surface area (Å²) in [5.74, 6) is 1.37. The quantitative estimate of drug-likeness (QED) is 0.724. The Labute approximate surface area is 132 Å². The fraction of sp³-hybridized carbons (Fsp3) is 0.400. The SMILES string of the molecule is c1cnn(C[C@H]2CCCN2Cc2nc(-c3ccsc3)no2)c1. The number of rotatable bonds is 5. The molecule has 0 saturated carbocycles. The van der Waals surface area contributed by atoms with E-state index in [-0.39, 0.29) is 0 Å². The largest absolute Gasteiger partial charge is 0.338 e. The minimum atomic E-state index is 0.483. The summed E-state index contributed by atoms with van der Waals surface area (Å²) >= 11 is 1.64. The smallest absolute Gasteiger partial charge is 0.241 e. The van der Waals surface area contributed by atoms with E-state index in [2.05, 4.69) is 20.1 Å². The molecule has 0 spiro atoms. The van der Waals surface area contributed by atoms with Gasteiger partial charge in [0.25, 0.3) is 0 Å². The zero-order valence-corrected chi connectivity index (χ0v) is 12.9. The van der Waals surface area contributed by atoms with E-state index in [0.717, 1.165) is 18.7 Å². The predicted molar refractivity (Wildman–Crippen MR) is 83.3 cm³/mol. The maximum Gasteiger partial charge on any atom is 0.241 e. The molecule has 22 heavy (non-hydrogen) atoms. The van der Waals surface area contributed by atoms with Gasteiger partial charge in [-0.2, -0.15) is 21.4 Å². The number of likely N-dealkylation sites (tertiary alicyclic amines) is 1. The fourth-order valence-electron chi connectivity index (χ4n) is 2.94. The van der Waals surface area contributed by atoms with Gasteiger partial charge in [-0.1, -0.05) is 5.16 Å². The molecule has 0 aromatic carbocycles. The lowest BCUT2D eigenvalue weighted by Crippen LogP contribution is -2.32. The summed E-state index contributed by atoms with van der Waals surface area (Å²) in [7, 11) is 0. The van der Waals surface area contributed by atoms with Crippen LogP contribution in [0.3, 0.4) is 0 Å². The summed E-state index contributed by atoms with van der Waals surface area (Å²) in [5, 5.41) is 12.4. The Bertz CT molecular complexity index is 706. The van der Waals surface area contributed by atoms with Crippen molar-refractivity contribution in [2.45, 2.75) is 32.0 Å². The number of hydrogen-bond acceptors (Lipinski definition) is 6. The van der Waals surface area contributed by atoms with Gasteiger partial charge >= 0.3 is 0 Å². The molecule has 0 N–H and O–H groups in total. The second-order valence-corrected chi connectivity index (χ2v) is 6.30. The Hall–Kier alpha value is -1.99. The van der Waals surface area contributed by atoms with E-state index in [1.54, 1.807) is 11.3 Å². The lowest BCUT2D eigenvalue weighted by atomic mass is 10.2. The lowest BCUT2D eigenvalue weighted by molar-refractivity contribution is 0.192. The van der Waals surface area contributed by atoms with Crippen molar-refractivity contribution in [3.8, 4) is 11.4 Å². The van der Waals surface area contributed by atoms with Crippen LogP contribution in [-0.2, 0) is 13.1 Å². The van der Waals surface area contributed by atoms with Crippen molar-refractivity contribution in [1.82, 2.24) is 24.8 Å². The molecule has 0 aliphatic carbocycles. The van der Waals surface area contributed by atoms with E-state index < -0.39 is 0 Å². The molecule has 0 bridgehead atoms. The molecule has 0 radical (unpaired) electrons. The Morgan fingerprint density at radius 2 is 2.41 bits per heavy atom.